The molecule has 3 aliphatic rings. The summed E-state index contributed by atoms with van der Waals surface area (Å²) in [6.45, 7) is -0.835. The monoisotopic (exact) mass is 862 g/mol. The number of non-ortho nitro benzene ring substituents is 3. The minimum atomic E-state index is -1.02. The molecule has 0 spiro atoms. The number of hydrogen-bond acceptors (Lipinski definition) is 17. The number of rotatable bonds is 17. The lowest BCUT2D eigenvalue weighted by molar-refractivity contribution is -0.385. The zero-order valence-corrected chi connectivity index (χ0v) is 33.4. The third-order valence-electron chi connectivity index (χ3n) is 10.2. The molecule has 2 saturated heterocycles. The quantitative estimate of drug-likeness (QED) is 0.0440. The first-order valence-electron chi connectivity index (χ1n) is 18.7. The molecule has 22 heteroatoms. The van der Waals surface area contributed by atoms with Crippen LogP contribution in [0.25, 0.3) is 0 Å². The number of β-lactam (4-membered cyclic amide) rings is 1. The van der Waals surface area contributed by atoms with Gasteiger partial charge in [0.05, 0.1) is 39.3 Å². The molecule has 3 aromatic carbocycles. The molecule has 0 aliphatic carbocycles. The summed E-state index contributed by atoms with van der Waals surface area (Å²) >= 11 is 1.04. The Labute approximate surface area is 350 Å². The summed E-state index contributed by atoms with van der Waals surface area (Å²) in [7, 11) is 3.12. The molecule has 320 valence electrons. The Balaban J connectivity index is 1.13. The van der Waals surface area contributed by atoms with Crippen molar-refractivity contribution in [2.45, 2.75) is 51.2 Å². The van der Waals surface area contributed by atoms with Gasteiger partial charge in [0.15, 0.2) is 0 Å². The van der Waals surface area contributed by atoms with Gasteiger partial charge in [-0.2, -0.15) is 0 Å². The Kier molecular flexibility index (Phi) is 13.6. The predicted molar refractivity (Wildman–Crippen MR) is 210 cm³/mol. The molecule has 2 amide bonds. The molecular formula is C39H38N6O15S. The standard InChI is InChI=1S/C39H38N6O15S/c1-40(2)36(47)32-17-26(37(48)58-20-23-3-9-27(10-4-23)43(51)52)19-41(32)61-33-18-31-30(15-16-57-39(50)60-22-25-7-13-29(14-8-25)45(55)56)35(46)42(31)34(33)38(49)59-21-24-5-11-28(12-6-24)44(53)54/h3-14,26,30-32H,15-22H2,1-2H3/t26-,30+,31-,32-/m1/s1. The van der Waals surface area contributed by atoms with E-state index in [0.717, 1.165) is 11.9 Å². The van der Waals surface area contributed by atoms with Crippen molar-refractivity contribution in [2.24, 2.45) is 11.8 Å². The molecular weight excluding hydrogens is 825 g/mol. The molecule has 3 heterocycles. The number of likely N-dealkylation sites (N-methyl/N-ethyl adjacent to an activating group) is 1. The van der Waals surface area contributed by atoms with Gasteiger partial charge < -0.3 is 28.7 Å². The second-order valence-electron chi connectivity index (χ2n) is 14.4. The maximum absolute atomic E-state index is 13.8. The molecule has 0 bridgehead atoms. The number of hydrogen-bond donors (Lipinski definition) is 0. The number of nitro benzene ring substituents is 3. The van der Waals surface area contributed by atoms with Crippen molar-refractivity contribution in [2.75, 3.05) is 27.2 Å². The fourth-order valence-electron chi connectivity index (χ4n) is 6.97. The Morgan fingerprint density at radius 2 is 1.23 bits per heavy atom. The molecule has 3 aromatic rings. The Hall–Kier alpha value is -6.94. The topological polar surface area (TPSA) is 261 Å². The Morgan fingerprint density at radius 1 is 0.738 bits per heavy atom. The maximum Gasteiger partial charge on any atom is 0.508 e. The van der Waals surface area contributed by atoms with E-state index in [1.807, 2.05) is 0 Å². The molecule has 61 heavy (non-hydrogen) atoms. The van der Waals surface area contributed by atoms with Crippen LogP contribution in [0.5, 0.6) is 0 Å². The number of carbonyl (C=O) groups is 5. The summed E-state index contributed by atoms with van der Waals surface area (Å²) < 4.78 is 23.1. The fraction of sp³-hybridized carbons (Fsp3) is 0.359. The van der Waals surface area contributed by atoms with Crippen molar-refractivity contribution >= 4 is 58.9 Å². The number of nitrogens with zero attached hydrogens (tertiary/aromatic N) is 6. The van der Waals surface area contributed by atoms with Gasteiger partial charge in [-0.05, 0) is 77.9 Å². The van der Waals surface area contributed by atoms with Crippen LogP contribution in [0.1, 0.15) is 36.0 Å². The van der Waals surface area contributed by atoms with Crippen molar-refractivity contribution in [3.8, 4) is 0 Å². The Morgan fingerprint density at radius 3 is 1.72 bits per heavy atom. The number of ether oxygens (including phenoxy) is 4. The number of esters is 2. The van der Waals surface area contributed by atoms with E-state index in [1.54, 1.807) is 18.4 Å². The lowest BCUT2D eigenvalue weighted by atomic mass is 9.85. The minimum Gasteiger partial charge on any atom is -0.461 e. The number of amides is 2. The summed E-state index contributed by atoms with van der Waals surface area (Å²) in [6, 6.07) is 14.9. The molecule has 2 fully saturated rings. The van der Waals surface area contributed by atoms with Crippen LogP contribution in [-0.2, 0) is 57.9 Å². The molecule has 4 atom stereocenters. The molecule has 0 unspecified atom stereocenters. The highest BCUT2D eigenvalue weighted by Gasteiger charge is 2.56. The van der Waals surface area contributed by atoms with E-state index in [9.17, 15) is 54.3 Å². The van der Waals surface area contributed by atoms with Gasteiger partial charge in [0, 0.05) is 68.4 Å². The number of benzene rings is 3. The van der Waals surface area contributed by atoms with Crippen LogP contribution >= 0.6 is 11.9 Å². The van der Waals surface area contributed by atoms with Gasteiger partial charge >= 0.3 is 18.1 Å². The van der Waals surface area contributed by atoms with Crippen molar-refractivity contribution in [3.05, 3.63) is 130 Å². The van der Waals surface area contributed by atoms with E-state index >= 15 is 0 Å². The third-order valence-corrected chi connectivity index (χ3v) is 11.4. The number of carbonyl (C=O) groups excluding carboxylic acids is 5. The average molecular weight is 863 g/mol. The summed E-state index contributed by atoms with van der Waals surface area (Å²) in [5, 5.41) is 33.0. The zero-order chi connectivity index (χ0) is 44.0. The SMILES string of the molecule is CN(C)C(=O)[C@H]1C[C@@H](C(=O)OCc2ccc([N+](=O)[O-])cc2)CN1SC1=C(C(=O)OCc2ccc([N+](=O)[O-])cc2)N2C(=O)[C@@H](CCOC(=O)OCc3ccc([N+](=O)[O-])cc3)[C@H]2C1. The van der Waals surface area contributed by atoms with Crippen molar-refractivity contribution in [1.82, 2.24) is 14.1 Å². The third kappa shape index (κ3) is 10.3. The lowest BCUT2D eigenvalue weighted by Gasteiger charge is -2.43. The second-order valence-corrected chi connectivity index (χ2v) is 15.5. The van der Waals surface area contributed by atoms with Crippen LogP contribution in [-0.4, -0.2) is 98.1 Å². The van der Waals surface area contributed by atoms with E-state index in [4.69, 9.17) is 18.9 Å². The highest BCUT2D eigenvalue weighted by Crippen LogP contribution is 2.49. The van der Waals surface area contributed by atoms with Crippen LogP contribution < -0.4 is 0 Å². The first-order valence-corrected chi connectivity index (χ1v) is 19.4. The summed E-state index contributed by atoms with van der Waals surface area (Å²) in [4.78, 5) is 101. The Bertz CT molecular complexity index is 2250. The van der Waals surface area contributed by atoms with E-state index in [0.29, 0.717) is 21.6 Å². The van der Waals surface area contributed by atoms with Gasteiger partial charge in [-0.25, -0.2) is 13.9 Å². The molecule has 6 rings (SSSR count). The minimum absolute atomic E-state index is 0.0283. The first kappa shape index (κ1) is 43.6. The van der Waals surface area contributed by atoms with Crippen LogP contribution in [0.3, 0.4) is 0 Å². The molecule has 0 saturated carbocycles. The second kappa shape index (κ2) is 19.0. The average Bonchev–Trinajstić information content (AvgIpc) is 3.82. The van der Waals surface area contributed by atoms with Crippen LogP contribution in [0.15, 0.2) is 83.4 Å². The fourth-order valence-corrected chi connectivity index (χ4v) is 8.32. The van der Waals surface area contributed by atoms with Gasteiger partial charge in [0.2, 0.25) is 11.8 Å². The molecule has 3 aliphatic heterocycles. The van der Waals surface area contributed by atoms with Gasteiger partial charge in [0.25, 0.3) is 17.1 Å². The largest absolute Gasteiger partial charge is 0.508 e. The van der Waals surface area contributed by atoms with E-state index in [2.05, 4.69) is 0 Å². The summed E-state index contributed by atoms with van der Waals surface area (Å²) in [5.74, 6) is -3.70. The molecule has 21 nitrogen and oxygen atoms in total. The van der Waals surface area contributed by atoms with Crippen molar-refractivity contribution in [1.29, 1.82) is 0 Å². The summed E-state index contributed by atoms with van der Waals surface area (Å²) in [6.07, 6.45) is -0.723. The van der Waals surface area contributed by atoms with Gasteiger partial charge in [0.1, 0.15) is 31.6 Å². The zero-order valence-electron chi connectivity index (χ0n) is 32.6. The van der Waals surface area contributed by atoms with Crippen LogP contribution in [0.4, 0.5) is 21.9 Å². The maximum atomic E-state index is 13.8. The van der Waals surface area contributed by atoms with Crippen LogP contribution in [0.2, 0.25) is 0 Å². The van der Waals surface area contributed by atoms with Gasteiger partial charge in [-0.3, -0.25) is 44.7 Å². The van der Waals surface area contributed by atoms with Crippen molar-refractivity contribution < 1.29 is 57.7 Å². The highest BCUT2D eigenvalue weighted by atomic mass is 32.2. The number of fused-ring (bicyclic) bond motifs is 1. The molecule has 0 radical (unpaired) electrons. The highest BCUT2D eigenvalue weighted by molar-refractivity contribution is 8.01. The van der Waals surface area contributed by atoms with Gasteiger partial charge in [-0.15, -0.1) is 0 Å². The van der Waals surface area contributed by atoms with Crippen LogP contribution in [0, 0.1) is 42.2 Å². The van der Waals surface area contributed by atoms with E-state index < -0.39 is 62.7 Å². The first-order chi connectivity index (χ1) is 29.1. The molecule has 0 aromatic heterocycles. The number of nitro groups is 3. The predicted octanol–water partition coefficient (Wildman–Crippen LogP) is 4.81. The lowest BCUT2D eigenvalue weighted by Crippen LogP contribution is -2.58. The normalized spacial score (nSPS) is 19.4. The van der Waals surface area contributed by atoms with E-state index in [1.165, 1.54) is 82.6 Å². The molecule has 0 N–H and O–H groups in total. The smallest absolute Gasteiger partial charge is 0.461 e. The van der Waals surface area contributed by atoms with Gasteiger partial charge in [-0.1, -0.05) is 0 Å². The van der Waals surface area contributed by atoms with E-state index in [-0.39, 0.29) is 80.9 Å². The summed E-state index contributed by atoms with van der Waals surface area (Å²) in [5.41, 5.74) is 0.978. The van der Waals surface area contributed by atoms with Crippen molar-refractivity contribution in [3.63, 3.8) is 0 Å².